The van der Waals surface area contributed by atoms with Gasteiger partial charge in [0.2, 0.25) is 5.91 Å². The number of carbonyl (C=O) groups is 1. The minimum Gasteiger partial charge on any atom is -0.340 e. The van der Waals surface area contributed by atoms with Crippen LogP contribution in [0.1, 0.15) is 12.8 Å². The lowest BCUT2D eigenvalue weighted by Crippen LogP contribution is -2.49. The monoisotopic (exact) mass is 185 g/mol. The molecule has 1 rings (SSSR count). The fourth-order valence-corrected chi connectivity index (χ4v) is 1.73. The standard InChI is InChI=1S/C9H19N3O/c1-11(2)8-4-3-5-12(7-8)9(13)6-10/h8H,3-7,10H2,1-2H3. The van der Waals surface area contributed by atoms with Gasteiger partial charge in [-0.15, -0.1) is 0 Å². The molecular formula is C9H19N3O. The molecule has 0 saturated carbocycles. The normalized spacial score (nSPS) is 23.7. The number of likely N-dealkylation sites (N-methyl/N-ethyl adjacent to an activating group) is 1. The quantitative estimate of drug-likeness (QED) is 0.631. The molecule has 1 unspecified atom stereocenters. The van der Waals surface area contributed by atoms with Crippen molar-refractivity contribution in [3.05, 3.63) is 0 Å². The van der Waals surface area contributed by atoms with Crippen molar-refractivity contribution in [3.63, 3.8) is 0 Å². The average Bonchev–Trinajstić information content (AvgIpc) is 2.17. The predicted octanol–water partition coefficient (Wildman–Crippen LogP) is -0.502. The number of hydrogen-bond donors (Lipinski definition) is 1. The van der Waals surface area contributed by atoms with E-state index in [1.54, 1.807) is 0 Å². The molecule has 0 aromatic heterocycles. The number of nitrogens with two attached hydrogens (primary N) is 1. The summed E-state index contributed by atoms with van der Waals surface area (Å²) in [7, 11) is 4.11. The average molecular weight is 185 g/mol. The summed E-state index contributed by atoms with van der Waals surface area (Å²) in [5, 5.41) is 0. The zero-order valence-corrected chi connectivity index (χ0v) is 8.49. The number of hydrogen-bond acceptors (Lipinski definition) is 3. The van der Waals surface area contributed by atoms with Gasteiger partial charge in [-0.1, -0.05) is 0 Å². The van der Waals surface area contributed by atoms with Crippen molar-refractivity contribution >= 4 is 5.91 Å². The molecule has 1 aliphatic rings. The lowest BCUT2D eigenvalue weighted by atomic mass is 10.1. The van der Waals surface area contributed by atoms with Crippen LogP contribution in [0.15, 0.2) is 0 Å². The Hall–Kier alpha value is -0.610. The Morgan fingerprint density at radius 2 is 2.31 bits per heavy atom. The molecule has 2 N–H and O–H groups in total. The molecule has 1 heterocycles. The van der Waals surface area contributed by atoms with Crippen molar-refractivity contribution in [2.75, 3.05) is 33.7 Å². The van der Waals surface area contributed by atoms with Crippen LogP contribution in [-0.2, 0) is 4.79 Å². The Balaban J connectivity index is 2.46. The van der Waals surface area contributed by atoms with Gasteiger partial charge in [0.1, 0.15) is 0 Å². The molecule has 0 aliphatic carbocycles. The number of piperidine rings is 1. The maximum atomic E-state index is 11.3. The van der Waals surface area contributed by atoms with Gasteiger partial charge < -0.3 is 15.5 Å². The fraction of sp³-hybridized carbons (Fsp3) is 0.889. The van der Waals surface area contributed by atoms with Gasteiger partial charge in [-0.25, -0.2) is 0 Å². The summed E-state index contributed by atoms with van der Waals surface area (Å²) in [6.45, 7) is 1.85. The highest BCUT2D eigenvalue weighted by Crippen LogP contribution is 2.13. The fourth-order valence-electron chi connectivity index (χ4n) is 1.73. The molecular weight excluding hydrogens is 166 g/mol. The van der Waals surface area contributed by atoms with Crippen LogP contribution in [0.25, 0.3) is 0 Å². The van der Waals surface area contributed by atoms with E-state index in [0.717, 1.165) is 19.5 Å². The third-order valence-corrected chi connectivity index (χ3v) is 2.65. The third-order valence-electron chi connectivity index (χ3n) is 2.65. The number of amides is 1. The first-order chi connectivity index (χ1) is 6.15. The Kier molecular flexibility index (Phi) is 3.69. The number of likely N-dealkylation sites (tertiary alicyclic amines) is 1. The molecule has 1 atom stereocenters. The summed E-state index contributed by atoms with van der Waals surface area (Å²) in [4.78, 5) is 15.4. The minimum absolute atomic E-state index is 0.0755. The van der Waals surface area contributed by atoms with Crippen molar-refractivity contribution in [3.8, 4) is 0 Å². The van der Waals surface area contributed by atoms with E-state index < -0.39 is 0 Å². The van der Waals surface area contributed by atoms with Crippen LogP contribution < -0.4 is 5.73 Å². The van der Waals surface area contributed by atoms with Crippen LogP contribution in [0.5, 0.6) is 0 Å². The van der Waals surface area contributed by atoms with E-state index in [4.69, 9.17) is 5.73 Å². The van der Waals surface area contributed by atoms with Gasteiger partial charge in [-0.3, -0.25) is 4.79 Å². The maximum Gasteiger partial charge on any atom is 0.236 e. The van der Waals surface area contributed by atoms with Gasteiger partial charge >= 0.3 is 0 Å². The molecule has 1 amide bonds. The van der Waals surface area contributed by atoms with Crippen LogP contribution >= 0.6 is 0 Å². The lowest BCUT2D eigenvalue weighted by Gasteiger charge is -2.35. The van der Waals surface area contributed by atoms with Gasteiger partial charge in [0.25, 0.3) is 0 Å². The molecule has 0 spiro atoms. The molecule has 4 heteroatoms. The topological polar surface area (TPSA) is 49.6 Å². The van der Waals surface area contributed by atoms with E-state index in [1.807, 2.05) is 4.90 Å². The van der Waals surface area contributed by atoms with Crippen molar-refractivity contribution < 1.29 is 4.79 Å². The van der Waals surface area contributed by atoms with E-state index in [0.29, 0.717) is 6.04 Å². The van der Waals surface area contributed by atoms with E-state index in [1.165, 1.54) is 6.42 Å². The predicted molar refractivity (Wildman–Crippen MR) is 52.3 cm³/mol. The van der Waals surface area contributed by atoms with E-state index in [-0.39, 0.29) is 12.5 Å². The molecule has 1 aliphatic heterocycles. The van der Waals surface area contributed by atoms with Crippen molar-refractivity contribution in [2.45, 2.75) is 18.9 Å². The largest absolute Gasteiger partial charge is 0.340 e. The van der Waals surface area contributed by atoms with E-state index in [9.17, 15) is 4.79 Å². The summed E-state index contributed by atoms with van der Waals surface area (Å²) < 4.78 is 0. The number of nitrogens with zero attached hydrogens (tertiary/aromatic N) is 2. The van der Waals surface area contributed by atoms with Crippen molar-refractivity contribution in [1.29, 1.82) is 0 Å². The molecule has 0 aromatic carbocycles. The van der Waals surface area contributed by atoms with E-state index >= 15 is 0 Å². The maximum absolute atomic E-state index is 11.3. The van der Waals surface area contributed by atoms with Crippen molar-refractivity contribution in [1.82, 2.24) is 9.80 Å². The number of rotatable bonds is 2. The lowest BCUT2D eigenvalue weighted by molar-refractivity contribution is -0.131. The van der Waals surface area contributed by atoms with Gasteiger partial charge in [0.05, 0.1) is 6.54 Å². The van der Waals surface area contributed by atoms with Crippen LogP contribution in [0.3, 0.4) is 0 Å². The second-order valence-electron chi connectivity index (χ2n) is 3.80. The van der Waals surface area contributed by atoms with Crippen LogP contribution in [-0.4, -0.2) is 55.5 Å². The highest BCUT2D eigenvalue weighted by molar-refractivity contribution is 5.78. The summed E-state index contributed by atoms with van der Waals surface area (Å²) in [6, 6.07) is 0.504. The summed E-state index contributed by atoms with van der Waals surface area (Å²) in [6.07, 6.45) is 2.27. The highest BCUT2D eigenvalue weighted by atomic mass is 16.2. The van der Waals surface area contributed by atoms with Gasteiger partial charge in [-0.05, 0) is 26.9 Å². The highest BCUT2D eigenvalue weighted by Gasteiger charge is 2.23. The summed E-state index contributed by atoms with van der Waals surface area (Å²) in [5.74, 6) is 0.0755. The zero-order chi connectivity index (χ0) is 9.84. The van der Waals surface area contributed by atoms with Crippen molar-refractivity contribution in [2.24, 2.45) is 5.73 Å². The molecule has 0 radical (unpaired) electrons. The molecule has 1 fully saturated rings. The van der Waals surface area contributed by atoms with Gasteiger partial charge in [0, 0.05) is 19.1 Å². The summed E-state index contributed by atoms with van der Waals surface area (Å²) in [5.41, 5.74) is 5.32. The molecule has 4 nitrogen and oxygen atoms in total. The molecule has 0 bridgehead atoms. The first-order valence-corrected chi connectivity index (χ1v) is 4.79. The zero-order valence-electron chi connectivity index (χ0n) is 8.49. The molecule has 76 valence electrons. The Morgan fingerprint density at radius 1 is 1.62 bits per heavy atom. The molecule has 0 aromatic rings. The first-order valence-electron chi connectivity index (χ1n) is 4.79. The minimum atomic E-state index is 0.0755. The number of carbonyl (C=O) groups excluding carboxylic acids is 1. The van der Waals surface area contributed by atoms with E-state index in [2.05, 4.69) is 19.0 Å². The van der Waals surface area contributed by atoms with Gasteiger partial charge in [0.15, 0.2) is 0 Å². The van der Waals surface area contributed by atoms with Crippen LogP contribution in [0, 0.1) is 0 Å². The van der Waals surface area contributed by atoms with Crippen LogP contribution in [0.2, 0.25) is 0 Å². The third kappa shape index (κ3) is 2.67. The smallest absolute Gasteiger partial charge is 0.236 e. The first kappa shape index (κ1) is 10.5. The summed E-state index contributed by atoms with van der Waals surface area (Å²) >= 11 is 0. The second-order valence-corrected chi connectivity index (χ2v) is 3.80. The molecule has 1 saturated heterocycles. The molecule has 13 heavy (non-hydrogen) atoms. The SMILES string of the molecule is CN(C)C1CCCN(C(=O)CN)C1. The van der Waals surface area contributed by atoms with Gasteiger partial charge in [-0.2, -0.15) is 0 Å². The Labute approximate surface area is 79.7 Å². The second kappa shape index (κ2) is 4.58. The Morgan fingerprint density at radius 3 is 2.85 bits per heavy atom. The van der Waals surface area contributed by atoms with Crippen LogP contribution in [0.4, 0.5) is 0 Å². The Bertz CT molecular complexity index is 182.